The van der Waals surface area contributed by atoms with Gasteiger partial charge in [-0.05, 0) is 24.3 Å². The SMILES string of the molecule is N#Cc1ccccc1NC(=O)COC(=O)/C=C/c1sc2ccccc2c1Cl. The first-order valence-electron chi connectivity index (χ1n) is 7.89. The van der Waals surface area contributed by atoms with Crippen LogP contribution in [0.1, 0.15) is 10.4 Å². The van der Waals surface area contributed by atoms with Crippen molar-refractivity contribution in [2.45, 2.75) is 0 Å². The van der Waals surface area contributed by atoms with Gasteiger partial charge in [-0.3, -0.25) is 4.79 Å². The highest BCUT2D eigenvalue weighted by Gasteiger charge is 2.10. The lowest BCUT2D eigenvalue weighted by Gasteiger charge is -2.06. The Labute approximate surface area is 164 Å². The molecule has 0 aliphatic carbocycles. The van der Waals surface area contributed by atoms with Crippen LogP contribution in [0, 0.1) is 11.3 Å². The third-order valence-corrected chi connectivity index (χ3v) is 5.25. The Bertz CT molecular complexity index is 1080. The van der Waals surface area contributed by atoms with Crippen molar-refractivity contribution < 1.29 is 14.3 Å². The Morgan fingerprint density at radius 2 is 1.93 bits per heavy atom. The van der Waals surface area contributed by atoms with Crippen LogP contribution in [0.4, 0.5) is 5.69 Å². The van der Waals surface area contributed by atoms with E-state index < -0.39 is 18.5 Å². The van der Waals surface area contributed by atoms with Gasteiger partial charge in [0, 0.05) is 21.0 Å². The van der Waals surface area contributed by atoms with Gasteiger partial charge in [0.05, 0.1) is 16.3 Å². The Kier molecular flexibility index (Phi) is 5.87. The second kappa shape index (κ2) is 8.49. The summed E-state index contributed by atoms with van der Waals surface area (Å²) >= 11 is 7.76. The van der Waals surface area contributed by atoms with Gasteiger partial charge in [-0.2, -0.15) is 5.26 Å². The van der Waals surface area contributed by atoms with Crippen molar-refractivity contribution in [1.29, 1.82) is 5.26 Å². The van der Waals surface area contributed by atoms with Gasteiger partial charge in [0.1, 0.15) is 6.07 Å². The fourth-order valence-electron chi connectivity index (χ4n) is 2.34. The summed E-state index contributed by atoms with van der Waals surface area (Å²) in [5.41, 5.74) is 0.699. The first kappa shape index (κ1) is 18.6. The third kappa shape index (κ3) is 4.53. The molecular formula is C20H13ClN2O3S. The van der Waals surface area contributed by atoms with Gasteiger partial charge in [-0.1, -0.05) is 41.9 Å². The van der Waals surface area contributed by atoms with Crippen LogP contribution >= 0.6 is 22.9 Å². The van der Waals surface area contributed by atoms with E-state index in [1.54, 1.807) is 30.3 Å². The molecule has 134 valence electrons. The number of carbonyl (C=O) groups excluding carboxylic acids is 2. The molecule has 0 aliphatic rings. The maximum absolute atomic E-state index is 11.9. The van der Waals surface area contributed by atoms with Gasteiger partial charge >= 0.3 is 5.97 Å². The molecule has 0 aliphatic heterocycles. The molecule has 0 spiro atoms. The van der Waals surface area contributed by atoms with Gasteiger partial charge in [0.2, 0.25) is 0 Å². The van der Waals surface area contributed by atoms with Gasteiger partial charge < -0.3 is 10.1 Å². The summed E-state index contributed by atoms with van der Waals surface area (Å²) < 4.78 is 5.95. The van der Waals surface area contributed by atoms with Crippen LogP contribution in [-0.4, -0.2) is 18.5 Å². The van der Waals surface area contributed by atoms with Crippen LogP contribution in [0.5, 0.6) is 0 Å². The van der Waals surface area contributed by atoms with Crippen molar-refractivity contribution in [3.63, 3.8) is 0 Å². The average Bonchev–Trinajstić information content (AvgIpc) is 3.01. The lowest BCUT2D eigenvalue weighted by atomic mass is 10.2. The van der Waals surface area contributed by atoms with E-state index in [1.165, 1.54) is 17.4 Å². The second-order valence-electron chi connectivity index (χ2n) is 5.42. The number of halogens is 1. The molecule has 0 fully saturated rings. The summed E-state index contributed by atoms with van der Waals surface area (Å²) in [7, 11) is 0. The number of nitriles is 1. The number of nitrogens with zero attached hydrogens (tertiary/aromatic N) is 1. The average molecular weight is 397 g/mol. The van der Waals surface area contributed by atoms with E-state index in [0.717, 1.165) is 15.0 Å². The summed E-state index contributed by atoms with van der Waals surface area (Å²) in [6.45, 7) is -0.455. The Morgan fingerprint density at radius 3 is 2.70 bits per heavy atom. The van der Waals surface area contributed by atoms with Gasteiger partial charge in [-0.25, -0.2) is 4.79 Å². The minimum absolute atomic E-state index is 0.330. The van der Waals surface area contributed by atoms with Crippen molar-refractivity contribution in [1.82, 2.24) is 0 Å². The van der Waals surface area contributed by atoms with Crippen molar-refractivity contribution in [3.05, 3.63) is 70.1 Å². The van der Waals surface area contributed by atoms with Crippen LogP contribution in [0.2, 0.25) is 5.02 Å². The second-order valence-corrected chi connectivity index (χ2v) is 6.88. The maximum atomic E-state index is 11.9. The minimum atomic E-state index is -0.660. The molecule has 3 aromatic rings. The number of hydrogen-bond acceptors (Lipinski definition) is 5. The molecule has 1 aromatic heterocycles. The van der Waals surface area contributed by atoms with E-state index in [1.807, 2.05) is 30.3 Å². The topological polar surface area (TPSA) is 79.2 Å². The molecule has 2 aromatic carbocycles. The molecule has 0 unspecified atom stereocenters. The quantitative estimate of drug-likeness (QED) is 0.504. The van der Waals surface area contributed by atoms with E-state index in [9.17, 15) is 9.59 Å². The van der Waals surface area contributed by atoms with Gasteiger partial charge in [0.25, 0.3) is 5.91 Å². The molecule has 1 heterocycles. The highest BCUT2D eigenvalue weighted by molar-refractivity contribution is 7.20. The first-order chi connectivity index (χ1) is 13.1. The van der Waals surface area contributed by atoms with Crippen LogP contribution in [0.15, 0.2) is 54.6 Å². The van der Waals surface area contributed by atoms with E-state index in [-0.39, 0.29) is 0 Å². The number of thiophene rings is 1. The molecular weight excluding hydrogens is 384 g/mol. The molecule has 27 heavy (non-hydrogen) atoms. The standard InChI is InChI=1S/C20H13ClN2O3S/c21-20-14-6-2-4-8-16(14)27-17(20)9-10-19(25)26-12-18(24)23-15-7-3-1-5-13(15)11-22/h1-10H,12H2,(H,23,24)/b10-9+. The van der Waals surface area contributed by atoms with Crippen molar-refractivity contribution >= 4 is 56.7 Å². The fraction of sp³-hybridized carbons (Fsp3) is 0.0500. The number of fused-ring (bicyclic) bond motifs is 1. The highest BCUT2D eigenvalue weighted by atomic mass is 35.5. The molecule has 5 nitrogen and oxygen atoms in total. The number of para-hydroxylation sites is 1. The maximum Gasteiger partial charge on any atom is 0.331 e. The monoisotopic (exact) mass is 396 g/mol. The van der Waals surface area contributed by atoms with Gasteiger partial charge in [0.15, 0.2) is 6.61 Å². The summed E-state index contributed by atoms with van der Waals surface area (Å²) in [5, 5.41) is 13.0. The predicted octanol–water partition coefficient (Wildman–Crippen LogP) is 4.62. The number of hydrogen-bond donors (Lipinski definition) is 1. The molecule has 1 N–H and O–H groups in total. The lowest BCUT2D eigenvalue weighted by molar-refractivity contribution is -0.142. The molecule has 1 amide bonds. The van der Waals surface area contributed by atoms with E-state index >= 15 is 0 Å². The molecule has 0 radical (unpaired) electrons. The normalized spacial score (nSPS) is 10.7. The number of anilines is 1. The Morgan fingerprint density at radius 1 is 1.19 bits per heavy atom. The molecule has 3 rings (SSSR count). The predicted molar refractivity (Wildman–Crippen MR) is 107 cm³/mol. The zero-order valence-corrected chi connectivity index (χ0v) is 15.5. The first-order valence-corrected chi connectivity index (χ1v) is 9.09. The number of esters is 1. The van der Waals surface area contributed by atoms with Crippen molar-refractivity contribution in [2.75, 3.05) is 11.9 Å². The Balaban J connectivity index is 1.57. The molecule has 0 saturated heterocycles. The van der Waals surface area contributed by atoms with Crippen LogP contribution in [0.25, 0.3) is 16.2 Å². The zero-order valence-electron chi connectivity index (χ0n) is 13.9. The molecule has 0 saturated carbocycles. The largest absolute Gasteiger partial charge is 0.452 e. The van der Waals surface area contributed by atoms with E-state index in [0.29, 0.717) is 16.3 Å². The van der Waals surface area contributed by atoms with Crippen LogP contribution < -0.4 is 5.32 Å². The van der Waals surface area contributed by atoms with Crippen molar-refractivity contribution in [3.8, 4) is 6.07 Å². The molecule has 0 atom stereocenters. The number of benzene rings is 2. The highest BCUT2D eigenvalue weighted by Crippen LogP contribution is 2.35. The fourth-order valence-corrected chi connectivity index (χ4v) is 3.74. The summed E-state index contributed by atoms with van der Waals surface area (Å²) in [5.74, 6) is -1.19. The van der Waals surface area contributed by atoms with Crippen molar-refractivity contribution in [2.24, 2.45) is 0 Å². The third-order valence-electron chi connectivity index (χ3n) is 3.60. The minimum Gasteiger partial charge on any atom is -0.452 e. The molecule has 7 heteroatoms. The number of ether oxygens (including phenoxy) is 1. The van der Waals surface area contributed by atoms with Gasteiger partial charge in [-0.15, -0.1) is 11.3 Å². The van der Waals surface area contributed by atoms with E-state index in [4.69, 9.17) is 21.6 Å². The van der Waals surface area contributed by atoms with E-state index in [2.05, 4.69) is 5.32 Å². The van der Waals surface area contributed by atoms with Crippen LogP contribution in [0.3, 0.4) is 0 Å². The number of amides is 1. The number of rotatable bonds is 5. The summed E-state index contributed by atoms with van der Waals surface area (Å²) in [4.78, 5) is 24.5. The smallest absolute Gasteiger partial charge is 0.331 e. The zero-order chi connectivity index (χ0) is 19.2. The van der Waals surface area contributed by atoms with Crippen LogP contribution in [-0.2, 0) is 14.3 Å². The number of nitrogens with one attached hydrogen (secondary N) is 1. The Hall–Kier alpha value is -3.14. The lowest BCUT2D eigenvalue weighted by Crippen LogP contribution is -2.20. The molecule has 0 bridgehead atoms. The summed E-state index contributed by atoms with van der Waals surface area (Å²) in [6, 6.07) is 16.2. The summed E-state index contributed by atoms with van der Waals surface area (Å²) in [6.07, 6.45) is 2.80. The number of carbonyl (C=O) groups is 2.